The van der Waals surface area contributed by atoms with Crippen molar-refractivity contribution in [2.24, 2.45) is 0 Å². The Bertz CT molecular complexity index is 310. The molecule has 1 aliphatic carbocycles. The second-order valence-electron chi connectivity index (χ2n) is 3.75. The van der Waals surface area contributed by atoms with E-state index in [4.69, 9.17) is 0 Å². The molecule has 1 saturated carbocycles. The van der Waals surface area contributed by atoms with Crippen LogP contribution in [0.15, 0.2) is 18.2 Å². The Labute approximate surface area is 93.5 Å². The monoisotopic (exact) mass is 254 g/mol. The number of rotatable bonds is 4. The van der Waals surface area contributed by atoms with Crippen molar-refractivity contribution in [1.82, 2.24) is 4.98 Å². The van der Waals surface area contributed by atoms with Crippen LogP contribution in [0.5, 0.6) is 0 Å². The SMILES string of the molecule is Cc1cccc(N(CCBr)C2CC2)n1. The minimum atomic E-state index is 0.738. The quantitative estimate of drug-likeness (QED) is 0.769. The first-order valence-electron chi connectivity index (χ1n) is 5.07. The number of anilines is 1. The number of alkyl halides is 1. The van der Waals surface area contributed by atoms with Crippen molar-refractivity contribution in [3.8, 4) is 0 Å². The highest BCUT2D eigenvalue weighted by Gasteiger charge is 2.29. The summed E-state index contributed by atoms with van der Waals surface area (Å²) in [6.07, 6.45) is 2.64. The van der Waals surface area contributed by atoms with Gasteiger partial charge in [-0.1, -0.05) is 22.0 Å². The van der Waals surface area contributed by atoms with Crippen LogP contribution in [0.2, 0.25) is 0 Å². The summed E-state index contributed by atoms with van der Waals surface area (Å²) in [5.74, 6) is 1.13. The van der Waals surface area contributed by atoms with Crippen molar-refractivity contribution in [2.75, 3.05) is 16.8 Å². The van der Waals surface area contributed by atoms with E-state index in [-0.39, 0.29) is 0 Å². The third-order valence-electron chi connectivity index (χ3n) is 2.48. The standard InChI is InChI=1S/C11H15BrN2/c1-9-3-2-4-11(13-9)14(8-7-12)10-5-6-10/h2-4,10H,5-8H2,1H3. The number of halogens is 1. The van der Waals surface area contributed by atoms with Gasteiger partial charge in [0.05, 0.1) is 0 Å². The summed E-state index contributed by atoms with van der Waals surface area (Å²) in [6, 6.07) is 6.97. The molecule has 0 N–H and O–H groups in total. The molecule has 3 heteroatoms. The number of hydrogen-bond acceptors (Lipinski definition) is 2. The Balaban J connectivity index is 2.16. The van der Waals surface area contributed by atoms with E-state index in [0.29, 0.717) is 0 Å². The van der Waals surface area contributed by atoms with Gasteiger partial charge in [0.15, 0.2) is 0 Å². The van der Waals surface area contributed by atoms with E-state index in [2.05, 4.69) is 37.9 Å². The Hall–Kier alpha value is -0.570. The summed E-state index contributed by atoms with van der Waals surface area (Å²) in [5.41, 5.74) is 1.10. The highest BCUT2D eigenvalue weighted by molar-refractivity contribution is 9.09. The molecule has 0 saturated heterocycles. The van der Waals surface area contributed by atoms with Crippen molar-refractivity contribution in [3.63, 3.8) is 0 Å². The molecule has 1 aromatic rings. The topological polar surface area (TPSA) is 16.1 Å². The second kappa shape index (κ2) is 4.30. The van der Waals surface area contributed by atoms with Gasteiger partial charge in [-0.3, -0.25) is 0 Å². The summed E-state index contributed by atoms with van der Waals surface area (Å²) in [7, 11) is 0. The lowest BCUT2D eigenvalue weighted by Gasteiger charge is -2.22. The average molecular weight is 255 g/mol. The molecule has 0 amide bonds. The molecule has 0 atom stereocenters. The Kier molecular flexibility index (Phi) is 3.06. The fourth-order valence-corrected chi connectivity index (χ4v) is 2.03. The van der Waals surface area contributed by atoms with Gasteiger partial charge >= 0.3 is 0 Å². The molecule has 76 valence electrons. The van der Waals surface area contributed by atoms with Crippen molar-refractivity contribution in [1.29, 1.82) is 0 Å². The first-order valence-corrected chi connectivity index (χ1v) is 6.19. The lowest BCUT2D eigenvalue weighted by Crippen LogP contribution is -2.28. The van der Waals surface area contributed by atoms with Crippen LogP contribution in [0, 0.1) is 6.92 Å². The van der Waals surface area contributed by atoms with Crippen LogP contribution in [0.1, 0.15) is 18.5 Å². The number of hydrogen-bond donors (Lipinski definition) is 0. The van der Waals surface area contributed by atoms with Gasteiger partial charge in [0.2, 0.25) is 0 Å². The van der Waals surface area contributed by atoms with Crippen molar-refractivity contribution in [2.45, 2.75) is 25.8 Å². The van der Waals surface area contributed by atoms with Crippen molar-refractivity contribution >= 4 is 21.7 Å². The minimum Gasteiger partial charge on any atom is -0.353 e. The van der Waals surface area contributed by atoms with Crippen molar-refractivity contribution < 1.29 is 0 Å². The van der Waals surface area contributed by atoms with Gasteiger partial charge in [-0.25, -0.2) is 4.98 Å². The fraction of sp³-hybridized carbons (Fsp3) is 0.545. The van der Waals surface area contributed by atoms with Crippen LogP contribution in [0.3, 0.4) is 0 Å². The minimum absolute atomic E-state index is 0.738. The number of pyridine rings is 1. The Morgan fingerprint density at radius 2 is 2.29 bits per heavy atom. The molecule has 2 nitrogen and oxygen atoms in total. The predicted octanol–water partition coefficient (Wildman–Crippen LogP) is 2.75. The zero-order valence-corrected chi connectivity index (χ0v) is 10.00. The Morgan fingerprint density at radius 3 is 2.86 bits per heavy atom. The number of aromatic nitrogens is 1. The normalized spacial score (nSPS) is 15.6. The third-order valence-corrected chi connectivity index (χ3v) is 2.84. The maximum Gasteiger partial charge on any atom is 0.129 e. The van der Waals surface area contributed by atoms with E-state index >= 15 is 0 Å². The smallest absolute Gasteiger partial charge is 0.129 e. The van der Waals surface area contributed by atoms with Gasteiger partial charge in [0, 0.05) is 23.6 Å². The van der Waals surface area contributed by atoms with E-state index < -0.39 is 0 Å². The zero-order valence-electron chi connectivity index (χ0n) is 8.41. The van der Waals surface area contributed by atoms with E-state index in [9.17, 15) is 0 Å². The first kappa shape index (κ1) is 9.97. The van der Waals surface area contributed by atoms with E-state index in [1.807, 2.05) is 13.0 Å². The molecule has 0 spiro atoms. The lowest BCUT2D eigenvalue weighted by atomic mass is 10.3. The fourth-order valence-electron chi connectivity index (χ4n) is 1.65. The van der Waals surface area contributed by atoms with Gasteiger partial charge in [-0.15, -0.1) is 0 Å². The maximum absolute atomic E-state index is 4.56. The van der Waals surface area contributed by atoms with Gasteiger partial charge in [0.1, 0.15) is 5.82 Å². The average Bonchev–Trinajstić information content (AvgIpc) is 2.97. The molecule has 1 heterocycles. The van der Waals surface area contributed by atoms with Crippen LogP contribution >= 0.6 is 15.9 Å². The summed E-state index contributed by atoms with van der Waals surface area (Å²) >= 11 is 3.49. The molecular formula is C11H15BrN2. The van der Waals surface area contributed by atoms with Gasteiger partial charge in [-0.05, 0) is 31.9 Å². The molecule has 0 bridgehead atoms. The van der Waals surface area contributed by atoms with Crippen LogP contribution in [0.4, 0.5) is 5.82 Å². The molecule has 2 rings (SSSR count). The van der Waals surface area contributed by atoms with E-state index in [0.717, 1.165) is 29.4 Å². The summed E-state index contributed by atoms with van der Waals surface area (Å²) in [6.45, 7) is 3.10. The molecule has 1 aliphatic rings. The maximum atomic E-state index is 4.56. The molecular weight excluding hydrogens is 240 g/mol. The van der Waals surface area contributed by atoms with E-state index in [1.54, 1.807) is 0 Å². The van der Waals surface area contributed by atoms with Crippen LogP contribution in [0.25, 0.3) is 0 Å². The summed E-state index contributed by atoms with van der Waals surface area (Å²) in [5, 5.41) is 1.01. The molecule has 0 aliphatic heterocycles. The van der Waals surface area contributed by atoms with Gasteiger partial charge in [-0.2, -0.15) is 0 Å². The molecule has 14 heavy (non-hydrogen) atoms. The molecule has 0 aromatic carbocycles. The highest BCUT2D eigenvalue weighted by Crippen LogP contribution is 2.30. The van der Waals surface area contributed by atoms with E-state index in [1.165, 1.54) is 12.8 Å². The number of nitrogens with zero attached hydrogens (tertiary/aromatic N) is 2. The summed E-state index contributed by atoms with van der Waals surface area (Å²) in [4.78, 5) is 6.96. The third kappa shape index (κ3) is 2.27. The van der Waals surface area contributed by atoms with Crippen LogP contribution < -0.4 is 4.90 Å². The predicted molar refractivity (Wildman–Crippen MR) is 63.1 cm³/mol. The lowest BCUT2D eigenvalue weighted by molar-refractivity contribution is 0.813. The zero-order chi connectivity index (χ0) is 9.97. The molecule has 0 radical (unpaired) electrons. The number of aryl methyl sites for hydroxylation is 1. The largest absolute Gasteiger partial charge is 0.353 e. The molecule has 0 unspecified atom stereocenters. The highest BCUT2D eigenvalue weighted by atomic mass is 79.9. The first-order chi connectivity index (χ1) is 6.81. The van der Waals surface area contributed by atoms with Crippen LogP contribution in [-0.4, -0.2) is 22.9 Å². The molecule has 1 aromatic heterocycles. The van der Waals surface area contributed by atoms with Gasteiger partial charge < -0.3 is 4.90 Å². The second-order valence-corrected chi connectivity index (χ2v) is 4.54. The molecule has 1 fully saturated rings. The van der Waals surface area contributed by atoms with Crippen LogP contribution in [-0.2, 0) is 0 Å². The Morgan fingerprint density at radius 1 is 1.50 bits per heavy atom. The van der Waals surface area contributed by atoms with Crippen molar-refractivity contribution in [3.05, 3.63) is 23.9 Å². The van der Waals surface area contributed by atoms with Gasteiger partial charge in [0.25, 0.3) is 0 Å². The summed E-state index contributed by atoms with van der Waals surface area (Å²) < 4.78 is 0.